The van der Waals surface area contributed by atoms with Gasteiger partial charge >= 0.3 is 0 Å². The maximum Gasteiger partial charge on any atom is 0.288 e. The van der Waals surface area contributed by atoms with Crippen molar-refractivity contribution in [1.29, 1.82) is 0 Å². The van der Waals surface area contributed by atoms with Crippen LogP contribution in [0, 0.1) is 6.92 Å². The lowest BCUT2D eigenvalue weighted by Gasteiger charge is -1.92. The molecule has 3 nitrogen and oxygen atoms in total. The highest BCUT2D eigenvalue weighted by molar-refractivity contribution is 5.39. The Morgan fingerprint density at radius 1 is 1.60 bits per heavy atom. The summed E-state index contributed by atoms with van der Waals surface area (Å²) in [6, 6.07) is 1.89. The summed E-state index contributed by atoms with van der Waals surface area (Å²) in [6.07, 6.45) is 0. The second-order valence-corrected chi connectivity index (χ2v) is 2.04. The third-order valence-electron chi connectivity index (χ3n) is 1.30. The zero-order valence-electron chi connectivity index (χ0n) is 6.39. The van der Waals surface area contributed by atoms with Gasteiger partial charge in [-0.05, 0) is 6.92 Å². The standard InChI is InChI=1S/C7H11NO2/c1-5-4-6(8-2)10-7(5)9-3/h4,8H,1-3H3. The van der Waals surface area contributed by atoms with Crippen molar-refractivity contribution in [1.82, 2.24) is 0 Å². The van der Waals surface area contributed by atoms with Gasteiger partial charge in [0.1, 0.15) is 0 Å². The van der Waals surface area contributed by atoms with Gasteiger partial charge in [0.25, 0.3) is 5.95 Å². The predicted molar refractivity (Wildman–Crippen MR) is 39.5 cm³/mol. The zero-order valence-corrected chi connectivity index (χ0v) is 6.39. The fourth-order valence-electron chi connectivity index (χ4n) is 0.791. The van der Waals surface area contributed by atoms with Crippen molar-refractivity contribution in [3.8, 4) is 5.95 Å². The second-order valence-electron chi connectivity index (χ2n) is 2.04. The minimum atomic E-state index is 0.573. The van der Waals surface area contributed by atoms with Crippen LogP contribution >= 0.6 is 0 Å². The van der Waals surface area contributed by atoms with Crippen LogP contribution in [0.25, 0.3) is 0 Å². The molecule has 0 bridgehead atoms. The molecule has 0 aliphatic heterocycles. The first-order valence-corrected chi connectivity index (χ1v) is 3.10. The Balaban J connectivity index is 2.92. The molecule has 0 aliphatic rings. The van der Waals surface area contributed by atoms with Gasteiger partial charge in [-0.15, -0.1) is 0 Å². The molecule has 0 saturated heterocycles. The van der Waals surface area contributed by atoms with E-state index in [1.807, 2.05) is 13.0 Å². The first-order chi connectivity index (χ1) is 4.77. The van der Waals surface area contributed by atoms with Crippen LogP contribution in [0.1, 0.15) is 5.56 Å². The number of furan rings is 1. The van der Waals surface area contributed by atoms with Gasteiger partial charge in [0, 0.05) is 18.7 Å². The maximum absolute atomic E-state index is 5.18. The smallest absolute Gasteiger partial charge is 0.288 e. The fraction of sp³-hybridized carbons (Fsp3) is 0.429. The molecule has 0 radical (unpaired) electrons. The summed E-state index contributed by atoms with van der Waals surface area (Å²) in [5, 5.41) is 2.88. The lowest BCUT2D eigenvalue weighted by molar-refractivity contribution is 0.307. The zero-order chi connectivity index (χ0) is 7.56. The van der Waals surface area contributed by atoms with Gasteiger partial charge in [-0.1, -0.05) is 0 Å². The van der Waals surface area contributed by atoms with Crippen molar-refractivity contribution in [3.63, 3.8) is 0 Å². The van der Waals surface area contributed by atoms with Gasteiger partial charge in [-0.2, -0.15) is 0 Å². The van der Waals surface area contributed by atoms with E-state index in [4.69, 9.17) is 9.15 Å². The summed E-state index contributed by atoms with van der Waals surface area (Å²) in [4.78, 5) is 0. The number of nitrogens with one attached hydrogen (secondary N) is 1. The van der Waals surface area contributed by atoms with E-state index < -0.39 is 0 Å². The molecule has 1 heterocycles. The fourth-order valence-corrected chi connectivity index (χ4v) is 0.791. The maximum atomic E-state index is 5.18. The lowest BCUT2D eigenvalue weighted by atomic mass is 10.4. The van der Waals surface area contributed by atoms with Crippen LogP contribution in [0.5, 0.6) is 5.95 Å². The molecule has 0 aliphatic carbocycles. The summed E-state index contributed by atoms with van der Waals surface area (Å²) in [6.45, 7) is 1.93. The molecule has 0 unspecified atom stereocenters. The van der Waals surface area contributed by atoms with Crippen molar-refractivity contribution in [2.24, 2.45) is 0 Å². The Morgan fingerprint density at radius 2 is 2.30 bits per heavy atom. The van der Waals surface area contributed by atoms with Gasteiger partial charge in [0.05, 0.1) is 7.11 Å². The summed E-state index contributed by atoms with van der Waals surface area (Å²) in [7, 11) is 3.39. The molecular weight excluding hydrogens is 130 g/mol. The average Bonchev–Trinajstić information content (AvgIpc) is 2.30. The first-order valence-electron chi connectivity index (χ1n) is 3.10. The van der Waals surface area contributed by atoms with Crippen LogP contribution in [0.2, 0.25) is 0 Å². The average molecular weight is 141 g/mol. The molecule has 1 rings (SSSR count). The molecule has 1 aromatic rings. The van der Waals surface area contributed by atoms with Crippen molar-refractivity contribution < 1.29 is 9.15 Å². The Hall–Kier alpha value is -1.12. The molecule has 10 heavy (non-hydrogen) atoms. The number of hydrogen-bond donors (Lipinski definition) is 1. The number of ether oxygens (including phenoxy) is 1. The highest BCUT2D eigenvalue weighted by Crippen LogP contribution is 2.24. The monoisotopic (exact) mass is 141 g/mol. The molecule has 3 heteroatoms. The molecule has 0 amide bonds. The van der Waals surface area contributed by atoms with E-state index in [0.717, 1.165) is 11.4 Å². The SMILES string of the molecule is CNc1cc(C)c(OC)o1. The molecule has 1 N–H and O–H groups in total. The number of anilines is 1. The Morgan fingerprint density at radius 3 is 2.60 bits per heavy atom. The number of hydrogen-bond acceptors (Lipinski definition) is 3. The van der Waals surface area contributed by atoms with Gasteiger partial charge < -0.3 is 14.5 Å². The minimum Gasteiger partial charge on any atom is -0.468 e. The van der Waals surface area contributed by atoms with Crippen molar-refractivity contribution in [3.05, 3.63) is 11.6 Å². The highest BCUT2D eigenvalue weighted by atomic mass is 16.6. The van der Waals surface area contributed by atoms with Crippen LogP contribution in [-0.2, 0) is 0 Å². The summed E-state index contributed by atoms with van der Waals surface area (Å²) < 4.78 is 10.1. The van der Waals surface area contributed by atoms with Crippen LogP contribution in [0.15, 0.2) is 10.5 Å². The van der Waals surface area contributed by atoms with Crippen LogP contribution in [-0.4, -0.2) is 14.2 Å². The molecule has 56 valence electrons. The van der Waals surface area contributed by atoms with Gasteiger partial charge in [0.2, 0.25) is 0 Å². The number of rotatable bonds is 2. The Labute approximate surface area is 60.0 Å². The van der Waals surface area contributed by atoms with Crippen LogP contribution in [0.3, 0.4) is 0 Å². The molecule has 0 atom stereocenters. The molecule has 0 saturated carbocycles. The van der Waals surface area contributed by atoms with Gasteiger partial charge in [-0.3, -0.25) is 0 Å². The van der Waals surface area contributed by atoms with E-state index in [9.17, 15) is 0 Å². The summed E-state index contributed by atoms with van der Waals surface area (Å²) >= 11 is 0. The summed E-state index contributed by atoms with van der Waals surface area (Å²) in [5.41, 5.74) is 1.01. The molecule has 0 aromatic carbocycles. The van der Waals surface area contributed by atoms with E-state index in [0.29, 0.717) is 5.95 Å². The minimum absolute atomic E-state index is 0.573. The predicted octanol–water partition coefficient (Wildman–Crippen LogP) is 1.64. The topological polar surface area (TPSA) is 34.4 Å². The normalized spacial score (nSPS) is 9.50. The van der Waals surface area contributed by atoms with Crippen LogP contribution < -0.4 is 10.1 Å². The molecular formula is C7H11NO2. The largest absolute Gasteiger partial charge is 0.468 e. The molecule has 0 fully saturated rings. The van der Waals surface area contributed by atoms with E-state index in [-0.39, 0.29) is 0 Å². The van der Waals surface area contributed by atoms with Crippen molar-refractivity contribution in [2.75, 3.05) is 19.5 Å². The third kappa shape index (κ3) is 1.07. The Kier molecular flexibility index (Phi) is 1.85. The summed E-state index contributed by atoms with van der Waals surface area (Å²) in [5.74, 6) is 1.30. The van der Waals surface area contributed by atoms with Gasteiger partial charge in [-0.25, -0.2) is 0 Å². The van der Waals surface area contributed by atoms with Crippen molar-refractivity contribution in [2.45, 2.75) is 6.92 Å². The molecule has 1 aromatic heterocycles. The lowest BCUT2D eigenvalue weighted by Crippen LogP contribution is -1.82. The number of aryl methyl sites for hydroxylation is 1. The van der Waals surface area contributed by atoms with E-state index in [1.165, 1.54) is 0 Å². The first kappa shape index (κ1) is 6.99. The van der Waals surface area contributed by atoms with Crippen molar-refractivity contribution >= 4 is 5.88 Å². The van der Waals surface area contributed by atoms with Crippen LogP contribution in [0.4, 0.5) is 5.88 Å². The quantitative estimate of drug-likeness (QED) is 0.679. The van der Waals surface area contributed by atoms with E-state index in [1.54, 1.807) is 14.2 Å². The second kappa shape index (κ2) is 2.64. The number of methoxy groups -OCH3 is 1. The van der Waals surface area contributed by atoms with E-state index >= 15 is 0 Å². The third-order valence-corrected chi connectivity index (χ3v) is 1.30. The highest BCUT2D eigenvalue weighted by Gasteiger charge is 2.04. The van der Waals surface area contributed by atoms with Gasteiger partial charge in [0.15, 0.2) is 5.88 Å². The molecule has 0 spiro atoms. The van der Waals surface area contributed by atoms with E-state index in [2.05, 4.69) is 5.32 Å². The Bertz CT molecular complexity index is 217.